The van der Waals surface area contributed by atoms with Gasteiger partial charge in [-0.05, 0) is 47.7 Å². The number of benzene rings is 2. The van der Waals surface area contributed by atoms with E-state index in [4.69, 9.17) is 19.9 Å². The van der Waals surface area contributed by atoms with Crippen molar-refractivity contribution in [3.8, 4) is 34.1 Å². The first-order chi connectivity index (χ1) is 12.4. The van der Waals surface area contributed by atoms with Crippen LogP contribution in [0.3, 0.4) is 0 Å². The van der Waals surface area contributed by atoms with Crippen LogP contribution < -0.4 is 19.9 Å². The molecule has 2 aromatic carbocycles. The summed E-state index contributed by atoms with van der Waals surface area (Å²) >= 11 is 0. The van der Waals surface area contributed by atoms with Crippen molar-refractivity contribution in [2.45, 2.75) is 18.9 Å². The van der Waals surface area contributed by atoms with Gasteiger partial charge < -0.3 is 30.2 Å². The number of fused-ring (bicyclic) bond motifs is 3. The molecule has 0 heterocycles. The molecule has 4 N–H and O–H groups in total. The molecule has 138 valence electrons. The molecule has 1 atom stereocenters. The van der Waals surface area contributed by atoms with Gasteiger partial charge in [-0.3, -0.25) is 0 Å². The topological polar surface area (TPSA) is 111 Å². The Hall–Kier alpha value is -2.93. The Kier molecular flexibility index (Phi) is 4.65. The van der Waals surface area contributed by atoms with E-state index in [2.05, 4.69) is 0 Å². The highest BCUT2D eigenvalue weighted by atomic mass is 16.5. The number of aromatic hydroxyl groups is 1. The minimum Gasteiger partial charge on any atom is -0.507 e. The van der Waals surface area contributed by atoms with E-state index in [0.29, 0.717) is 46.8 Å². The van der Waals surface area contributed by atoms with Crippen LogP contribution in [-0.4, -0.2) is 37.5 Å². The zero-order chi connectivity index (χ0) is 19.0. The quantitative estimate of drug-likeness (QED) is 0.769. The van der Waals surface area contributed by atoms with Crippen LogP contribution in [0.15, 0.2) is 18.2 Å². The molecule has 0 saturated heterocycles. The number of carbonyl (C=O) groups is 1. The average molecular weight is 359 g/mol. The number of rotatable bonds is 4. The molecule has 7 nitrogen and oxygen atoms in total. The standard InChI is InChI=1S/C19H21NO6/c1-24-15-6-9-4-5-13(20)10-8-14(21)12(19(22)23)7-11(10)16(9)18(26-3)17(15)25-2/h6-8,13,21H,4-5,20H2,1-3H3,(H,22,23)/t13-/m0/s1. The van der Waals surface area contributed by atoms with Gasteiger partial charge in [-0.15, -0.1) is 0 Å². The minimum absolute atomic E-state index is 0.194. The first-order valence-corrected chi connectivity index (χ1v) is 8.10. The molecule has 0 radical (unpaired) electrons. The van der Waals surface area contributed by atoms with Gasteiger partial charge in [-0.2, -0.15) is 0 Å². The number of ether oxygens (including phenoxy) is 3. The van der Waals surface area contributed by atoms with E-state index in [1.807, 2.05) is 6.07 Å². The van der Waals surface area contributed by atoms with Crippen molar-refractivity contribution in [1.82, 2.24) is 0 Å². The van der Waals surface area contributed by atoms with Crippen LogP contribution in [0.25, 0.3) is 11.1 Å². The lowest BCUT2D eigenvalue weighted by molar-refractivity contribution is 0.0693. The molecule has 26 heavy (non-hydrogen) atoms. The molecule has 0 fully saturated rings. The lowest BCUT2D eigenvalue weighted by Crippen LogP contribution is -2.11. The Bertz CT molecular complexity index is 877. The molecule has 0 aromatic heterocycles. The molecule has 1 aliphatic carbocycles. The maximum Gasteiger partial charge on any atom is 0.339 e. The maximum atomic E-state index is 11.5. The molecule has 7 heteroatoms. The third kappa shape index (κ3) is 2.70. The number of aryl methyl sites for hydroxylation is 1. The van der Waals surface area contributed by atoms with Gasteiger partial charge >= 0.3 is 5.97 Å². The number of phenols is 1. The largest absolute Gasteiger partial charge is 0.507 e. The second-order valence-corrected chi connectivity index (χ2v) is 6.09. The van der Waals surface area contributed by atoms with E-state index in [0.717, 1.165) is 5.56 Å². The summed E-state index contributed by atoms with van der Waals surface area (Å²) in [5.41, 5.74) is 8.99. The van der Waals surface area contributed by atoms with Crippen molar-refractivity contribution in [1.29, 1.82) is 0 Å². The van der Waals surface area contributed by atoms with E-state index in [9.17, 15) is 15.0 Å². The summed E-state index contributed by atoms with van der Waals surface area (Å²) in [7, 11) is 4.57. The second kappa shape index (κ2) is 6.76. The summed E-state index contributed by atoms with van der Waals surface area (Å²) in [6.07, 6.45) is 1.27. The predicted molar refractivity (Wildman–Crippen MR) is 95.4 cm³/mol. The van der Waals surface area contributed by atoms with Crippen molar-refractivity contribution in [2.24, 2.45) is 5.73 Å². The van der Waals surface area contributed by atoms with Crippen LogP contribution in [0.4, 0.5) is 0 Å². The van der Waals surface area contributed by atoms with Crippen LogP contribution in [0, 0.1) is 0 Å². The summed E-state index contributed by atoms with van der Waals surface area (Å²) in [6.45, 7) is 0. The summed E-state index contributed by atoms with van der Waals surface area (Å²) in [5, 5.41) is 19.5. The highest BCUT2D eigenvalue weighted by Gasteiger charge is 2.29. The lowest BCUT2D eigenvalue weighted by Gasteiger charge is -2.20. The average Bonchev–Trinajstić information content (AvgIpc) is 2.76. The fourth-order valence-corrected chi connectivity index (χ4v) is 3.46. The van der Waals surface area contributed by atoms with Crippen LogP contribution >= 0.6 is 0 Å². The molecular weight excluding hydrogens is 338 g/mol. The number of carboxylic acids is 1. The Morgan fingerprint density at radius 2 is 1.81 bits per heavy atom. The van der Waals surface area contributed by atoms with E-state index < -0.39 is 5.97 Å². The molecule has 0 bridgehead atoms. The van der Waals surface area contributed by atoms with Gasteiger partial charge in [-0.1, -0.05) is 0 Å². The van der Waals surface area contributed by atoms with Crippen LogP contribution in [0.2, 0.25) is 0 Å². The summed E-state index contributed by atoms with van der Waals surface area (Å²) in [6, 6.07) is 4.36. The van der Waals surface area contributed by atoms with Gasteiger partial charge in [-0.25, -0.2) is 4.79 Å². The number of hydrogen-bond donors (Lipinski definition) is 3. The minimum atomic E-state index is -1.22. The van der Waals surface area contributed by atoms with Crippen LogP contribution in [0.1, 0.15) is 33.9 Å². The Labute approximate surface area is 150 Å². The van der Waals surface area contributed by atoms with Gasteiger partial charge in [0.2, 0.25) is 5.75 Å². The lowest BCUT2D eigenvalue weighted by atomic mass is 9.92. The van der Waals surface area contributed by atoms with E-state index in [-0.39, 0.29) is 17.4 Å². The molecule has 3 rings (SSSR count). The van der Waals surface area contributed by atoms with Crippen LogP contribution in [0.5, 0.6) is 23.0 Å². The van der Waals surface area contributed by atoms with Gasteiger partial charge in [0.1, 0.15) is 11.3 Å². The molecule has 0 spiro atoms. The number of methoxy groups -OCH3 is 3. The molecule has 0 saturated carbocycles. The Morgan fingerprint density at radius 1 is 1.12 bits per heavy atom. The van der Waals surface area contributed by atoms with Gasteiger partial charge in [0.05, 0.1) is 21.3 Å². The van der Waals surface area contributed by atoms with Crippen molar-refractivity contribution < 1.29 is 29.2 Å². The second-order valence-electron chi connectivity index (χ2n) is 6.09. The SMILES string of the molecule is COc1cc2c(c(OC)c1OC)-c1cc(C(=O)O)c(O)cc1[C@@H](N)CC2. The number of carboxylic acid groups (broad SMARTS) is 1. The Morgan fingerprint density at radius 3 is 2.38 bits per heavy atom. The number of nitrogens with two attached hydrogens (primary N) is 1. The third-order valence-corrected chi connectivity index (χ3v) is 4.70. The monoisotopic (exact) mass is 359 g/mol. The zero-order valence-electron chi connectivity index (χ0n) is 14.8. The van der Waals surface area contributed by atoms with Gasteiger partial charge in [0, 0.05) is 11.6 Å². The van der Waals surface area contributed by atoms with Gasteiger partial charge in [0.25, 0.3) is 0 Å². The third-order valence-electron chi connectivity index (χ3n) is 4.70. The summed E-state index contributed by atoms with van der Waals surface area (Å²) < 4.78 is 16.5. The van der Waals surface area contributed by atoms with Crippen molar-refractivity contribution in [2.75, 3.05) is 21.3 Å². The molecule has 1 aliphatic rings. The maximum absolute atomic E-state index is 11.5. The molecule has 0 unspecified atom stereocenters. The van der Waals surface area contributed by atoms with E-state index >= 15 is 0 Å². The zero-order valence-corrected chi connectivity index (χ0v) is 14.8. The Balaban J connectivity index is 2.42. The first kappa shape index (κ1) is 17.9. The van der Waals surface area contributed by atoms with Crippen molar-refractivity contribution in [3.63, 3.8) is 0 Å². The summed E-state index contributed by atoms with van der Waals surface area (Å²) in [4.78, 5) is 11.5. The molecular formula is C19H21NO6. The number of hydrogen-bond acceptors (Lipinski definition) is 6. The van der Waals surface area contributed by atoms with Gasteiger partial charge in [0.15, 0.2) is 11.5 Å². The number of aromatic carboxylic acids is 1. The smallest absolute Gasteiger partial charge is 0.339 e. The molecule has 2 aromatic rings. The van der Waals surface area contributed by atoms with Crippen molar-refractivity contribution in [3.05, 3.63) is 34.9 Å². The highest BCUT2D eigenvalue weighted by molar-refractivity contribution is 5.94. The highest BCUT2D eigenvalue weighted by Crippen LogP contribution is 2.50. The van der Waals surface area contributed by atoms with Crippen LogP contribution in [-0.2, 0) is 6.42 Å². The predicted octanol–water partition coefficient (Wildman–Crippen LogP) is 2.73. The summed E-state index contributed by atoms with van der Waals surface area (Å²) in [5.74, 6) is -0.143. The van der Waals surface area contributed by atoms with E-state index in [1.54, 1.807) is 7.11 Å². The van der Waals surface area contributed by atoms with E-state index in [1.165, 1.54) is 26.4 Å². The molecule has 0 amide bonds. The first-order valence-electron chi connectivity index (χ1n) is 8.10. The fraction of sp³-hybridized carbons (Fsp3) is 0.316. The fourth-order valence-electron chi connectivity index (χ4n) is 3.46. The normalized spacial score (nSPS) is 15.5. The molecule has 0 aliphatic heterocycles. The van der Waals surface area contributed by atoms with Crippen molar-refractivity contribution >= 4 is 5.97 Å².